The van der Waals surface area contributed by atoms with Crippen LogP contribution in [0, 0.1) is 22.7 Å². The number of aryl methyl sites for hydroxylation is 1. The first-order valence-corrected chi connectivity index (χ1v) is 16.1. The number of benzene rings is 1. The van der Waals surface area contributed by atoms with Gasteiger partial charge in [-0.05, 0) is 49.4 Å². The van der Waals surface area contributed by atoms with Crippen molar-refractivity contribution in [3.8, 4) is 29.0 Å². The number of carbonyl (C=O) groups is 1. The maximum Gasteiger partial charge on any atom is 0.417 e. The summed E-state index contributed by atoms with van der Waals surface area (Å²) in [5.74, 6) is -0.274. The molecule has 5 aromatic rings. The number of amides is 1. The zero-order valence-corrected chi connectivity index (χ0v) is 26.4. The van der Waals surface area contributed by atoms with Crippen LogP contribution < -0.4 is 4.74 Å². The number of hydrogen-bond acceptors (Lipinski definition) is 8. The quantitative estimate of drug-likeness (QED) is 0.265. The molecule has 6 heterocycles. The molecule has 1 N–H and O–H groups in total. The zero-order valence-electron chi connectivity index (χ0n) is 26.4. The van der Waals surface area contributed by atoms with Gasteiger partial charge in [0.1, 0.15) is 17.9 Å². The van der Waals surface area contributed by atoms with Crippen molar-refractivity contribution in [2.75, 3.05) is 6.61 Å². The Balaban J connectivity index is 1.21. The highest BCUT2D eigenvalue weighted by molar-refractivity contribution is 5.98. The number of fused-ring (bicyclic) bond motifs is 4. The van der Waals surface area contributed by atoms with Gasteiger partial charge >= 0.3 is 12.2 Å². The van der Waals surface area contributed by atoms with E-state index in [0.717, 1.165) is 28.2 Å². The number of alkyl halides is 3. The van der Waals surface area contributed by atoms with Gasteiger partial charge in [0.05, 0.1) is 53.7 Å². The van der Waals surface area contributed by atoms with Crippen LogP contribution in [0.4, 0.5) is 18.0 Å². The first kappa shape index (κ1) is 30.9. The second-order valence-electron chi connectivity index (χ2n) is 13.1. The van der Waals surface area contributed by atoms with Crippen LogP contribution in [0.3, 0.4) is 0 Å². The molecule has 0 radical (unpaired) electrons. The average molecular weight is 670 g/mol. The molecule has 4 unspecified atom stereocenters. The van der Waals surface area contributed by atoms with Gasteiger partial charge in [0.15, 0.2) is 5.75 Å². The van der Waals surface area contributed by atoms with Gasteiger partial charge in [-0.3, -0.25) is 0 Å². The summed E-state index contributed by atoms with van der Waals surface area (Å²) in [6.07, 6.45) is 1.82. The monoisotopic (exact) mass is 669 g/mol. The third-order valence-electron chi connectivity index (χ3n) is 10.6. The van der Waals surface area contributed by atoms with Crippen molar-refractivity contribution in [3.05, 3.63) is 65.8 Å². The number of likely N-dealkylation sites (tertiary alicyclic amines) is 1. The Hall–Kier alpha value is -5.41. The summed E-state index contributed by atoms with van der Waals surface area (Å²) in [7, 11) is 1.65. The molecule has 1 amide bonds. The van der Waals surface area contributed by atoms with Gasteiger partial charge in [-0.15, -0.1) is 10.2 Å². The minimum atomic E-state index is -4.66. The number of rotatable bonds is 2. The van der Waals surface area contributed by atoms with E-state index >= 15 is 0 Å². The summed E-state index contributed by atoms with van der Waals surface area (Å²) >= 11 is 0. The van der Waals surface area contributed by atoms with Gasteiger partial charge in [0.25, 0.3) is 0 Å². The van der Waals surface area contributed by atoms with Crippen LogP contribution in [0.2, 0.25) is 0 Å². The Labute approximate surface area is 277 Å². The number of carbonyl (C=O) groups excluding carboxylic acids is 1. The Morgan fingerprint density at radius 2 is 2.08 bits per heavy atom. The molecule has 1 aromatic carbocycles. The normalized spacial score (nSPS) is 23.6. The first-order valence-electron chi connectivity index (χ1n) is 16.1. The third-order valence-corrected chi connectivity index (χ3v) is 10.6. The molecule has 2 aliphatic heterocycles. The standard InChI is InChI=1S/C34H30F3N9O3/c1-43-17-40-29-25(43)14-23(34(35,36)37)28-22-5-3-10-44-24(12-20(30(22)44)7-11-49-31(28)29)19-4-2-8-33(26(47)13-19)15-21(6-9-38)46(33)32(48)45-18-41-42-27(45)16-39/h3,5,10,12,14,17-19,21,26,47H,2,4,6-8,11,13,15H2,1H3. The maximum absolute atomic E-state index is 14.7. The fraction of sp³-hybridized carbons (Fsp3) is 0.412. The lowest BCUT2D eigenvalue weighted by molar-refractivity contribution is -0.137. The molecule has 1 aliphatic carbocycles. The number of pyridine rings is 1. The van der Waals surface area contributed by atoms with Gasteiger partial charge < -0.3 is 23.7 Å². The molecule has 4 aromatic heterocycles. The predicted octanol–water partition coefficient (Wildman–Crippen LogP) is 5.32. The van der Waals surface area contributed by atoms with E-state index in [0.29, 0.717) is 54.2 Å². The molecule has 1 saturated heterocycles. The van der Waals surface area contributed by atoms with Gasteiger partial charge in [-0.1, -0.05) is 12.5 Å². The number of ether oxygens (including phenoxy) is 1. The van der Waals surface area contributed by atoms with Crippen LogP contribution in [0.5, 0.6) is 5.75 Å². The molecule has 1 saturated carbocycles. The van der Waals surface area contributed by atoms with E-state index in [9.17, 15) is 33.6 Å². The maximum atomic E-state index is 14.7. The van der Waals surface area contributed by atoms with E-state index in [1.807, 2.05) is 22.7 Å². The summed E-state index contributed by atoms with van der Waals surface area (Å²) in [5, 5.41) is 38.3. The van der Waals surface area contributed by atoms with Crippen LogP contribution in [0.1, 0.15) is 67.1 Å². The number of aromatic nitrogens is 6. The van der Waals surface area contributed by atoms with Crippen LogP contribution in [-0.2, 0) is 19.6 Å². The molecule has 49 heavy (non-hydrogen) atoms. The van der Waals surface area contributed by atoms with Gasteiger partial charge in [-0.25, -0.2) is 14.3 Å². The highest BCUT2D eigenvalue weighted by Gasteiger charge is 2.59. The molecular weight excluding hydrogens is 639 g/mol. The Kier molecular flexibility index (Phi) is 6.98. The van der Waals surface area contributed by atoms with Gasteiger partial charge in [-0.2, -0.15) is 23.7 Å². The molecule has 4 atom stereocenters. The SMILES string of the molecule is Cn1cnc2c3c(c(C(F)(F)F)cc21)-c1cccn2c(C4CCCC5(CC(CC#N)N5C(=O)n5cnnc5C#N)C(O)C4)cc(c12)CCO3. The minimum absolute atomic E-state index is 0.0485. The van der Waals surface area contributed by atoms with Crippen molar-refractivity contribution < 1.29 is 27.8 Å². The van der Waals surface area contributed by atoms with Crippen molar-refractivity contribution >= 4 is 22.6 Å². The summed E-state index contributed by atoms with van der Waals surface area (Å²) in [5.41, 5.74) is 1.62. The highest BCUT2D eigenvalue weighted by atomic mass is 19.4. The van der Waals surface area contributed by atoms with Crippen LogP contribution in [0.15, 0.2) is 43.1 Å². The molecule has 2 fully saturated rings. The van der Waals surface area contributed by atoms with Crippen molar-refractivity contribution in [2.45, 2.75) is 74.7 Å². The second-order valence-corrected chi connectivity index (χ2v) is 13.1. The number of hydrogen-bond donors (Lipinski definition) is 1. The van der Waals surface area contributed by atoms with Crippen LogP contribution >= 0.6 is 0 Å². The highest BCUT2D eigenvalue weighted by Crippen LogP contribution is 2.52. The Bertz CT molecular complexity index is 2240. The Morgan fingerprint density at radius 1 is 1.24 bits per heavy atom. The molecular formula is C34H30F3N9O3. The van der Waals surface area contributed by atoms with E-state index in [-0.39, 0.29) is 42.5 Å². The zero-order chi connectivity index (χ0) is 34.2. The molecule has 250 valence electrons. The largest absolute Gasteiger partial charge is 0.490 e. The average Bonchev–Trinajstić information content (AvgIpc) is 3.75. The topological polar surface area (TPSA) is 150 Å². The van der Waals surface area contributed by atoms with Crippen LogP contribution in [0.25, 0.3) is 27.7 Å². The molecule has 1 spiro atoms. The fourth-order valence-corrected chi connectivity index (χ4v) is 8.45. The molecule has 12 nitrogen and oxygen atoms in total. The lowest BCUT2D eigenvalue weighted by Crippen LogP contribution is -2.73. The number of nitrogens with zero attached hydrogens (tertiary/aromatic N) is 9. The summed E-state index contributed by atoms with van der Waals surface area (Å²) < 4.78 is 54.9. The third kappa shape index (κ3) is 4.52. The smallest absolute Gasteiger partial charge is 0.417 e. The number of halogens is 3. The summed E-state index contributed by atoms with van der Waals surface area (Å²) in [4.78, 5) is 19.7. The molecule has 15 heteroatoms. The van der Waals surface area contributed by atoms with Crippen molar-refractivity contribution in [1.82, 2.24) is 33.6 Å². The Morgan fingerprint density at radius 3 is 2.86 bits per heavy atom. The van der Waals surface area contributed by atoms with Crippen molar-refractivity contribution in [1.29, 1.82) is 10.5 Å². The summed E-state index contributed by atoms with van der Waals surface area (Å²) in [6, 6.07) is 9.52. The summed E-state index contributed by atoms with van der Waals surface area (Å²) in [6.45, 7) is 0.148. The van der Waals surface area contributed by atoms with Crippen molar-refractivity contribution in [3.63, 3.8) is 0 Å². The van der Waals surface area contributed by atoms with E-state index in [2.05, 4.69) is 21.3 Å². The van der Waals surface area contributed by atoms with E-state index in [4.69, 9.17) is 4.74 Å². The van der Waals surface area contributed by atoms with E-state index in [1.165, 1.54) is 11.2 Å². The predicted molar refractivity (Wildman–Crippen MR) is 167 cm³/mol. The lowest BCUT2D eigenvalue weighted by atomic mass is 9.70. The van der Waals surface area contributed by atoms with Crippen molar-refractivity contribution in [2.24, 2.45) is 7.05 Å². The molecule has 8 rings (SSSR count). The van der Waals surface area contributed by atoms with E-state index in [1.54, 1.807) is 23.7 Å². The second kappa shape index (κ2) is 11.1. The van der Waals surface area contributed by atoms with Gasteiger partial charge in [0, 0.05) is 48.4 Å². The molecule has 3 aliphatic rings. The fourth-order valence-electron chi connectivity index (χ4n) is 8.45. The van der Waals surface area contributed by atoms with Crippen LogP contribution in [-0.4, -0.2) is 69.0 Å². The molecule has 0 bridgehead atoms. The number of aliphatic hydroxyl groups is 1. The lowest BCUT2D eigenvalue weighted by Gasteiger charge is -2.59. The number of imidazole rings is 1. The minimum Gasteiger partial charge on any atom is -0.490 e. The van der Waals surface area contributed by atoms with E-state index < -0.39 is 35.5 Å². The number of aliphatic hydroxyl groups excluding tert-OH is 1. The first-order chi connectivity index (χ1) is 23.6. The number of nitriles is 2. The van der Waals surface area contributed by atoms with Gasteiger partial charge in [0.2, 0.25) is 5.82 Å².